The van der Waals surface area contributed by atoms with Gasteiger partial charge in [0.1, 0.15) is 0 Å². The number of rotatable bonds is 6. The van der Waals surface area contributed by atoms with E-state index in [1.54, 1.807) is 29.2 Å². The predicted octanol–water partition coefficient (Wildman–Crippen LogP) is 4.87. The highest BCUT2D eigenvalue weighted by molar-refractivity contribution is 5.93. The number of ether oxygens (including phenoxy) is 1. The monoisotopic (exact) mass is 450 g/mol. The van der Waals surface area contributed by atoms with E-state index in [9.17, 15) is 14.4 Å². The van der Waals surface area contributed by atoms with Crippen LogP contribution in [-0.4, -0.2) is 42.4 Å². The van der Waals surface area contributed by atoms with Crippen LogP contribution >= 0.6 is 0 Å². The lowest BCUT2D eigenvalue weighted by atomic mass is 9.91. The van der Waals surface area contributed by atoms with Crippen LogP contribution in [0, 0.1) is 11.3 Å². The maximum atomic E-state index is 12.4. The summed E-state index contributed by atoms with van der Waals surface area (Å²) in [6.07, 6.45) is 1.09. The lowest BCUT2D eigenvalue weighted by Gasteiger charge is -2.34. The number of benzene rings is 2. The lowest BCUT2D eigenvalue weighted by molar-refractivity contribution is -0.155. The predicted molar refractivity (Wildman–Crippen MR) is 125 cm³/mol. The topological polar surface area (TPSA) is 100 Å². The fourth-order valence-corrected chi connectivity index (χ4v) is 3.47. The number of likely N-dealkylation sites (tertiary alicyclic amines) is 1. The van der Waals surface area contributed by atoms with Crippen molar-refractivity contribution in [3.8, 4) is 0 Å². The molecule has 0 saturated carbocycles. The van der Waals surface area contributed by atoms with Gasteiger partial charge < -0.3 is 15.0 Å². The van der Waals surface area contributed by atoms with Crippen molar-refractivity contribution in [2.45, 2.75) is 33.6 Å². The van der Waals surface area contributed by atoms with E-state index in [1.165, 1.54) is 0 Å². The molecule has 8 nitrogen and oxygen atoms in total. The number of carbonyl (C=O) groups is 3. The minimum atomic E-state index is -0.436. The molecule has 174 valence electrons. The molecule has 3 rings (SSSR count). The summed E-state index contributed by atoms with van der Waals surface area (Å²) in [5.41, 5.74) is 1.54. The summed E-state index contributed by atoms with van der Waals surface area (Å²) in [4.78, 5) is 38.6. The number of anilines is 1. The molecule has 8 heteroatoms. The van der Waals surface area contributed by atoms with Gasteiger partial charge in [0.25, 0.3) is 5.91 Å². The summed E-state index contributed by atoms with van der Waals surface area (Å²) in [5, 5.41) is 11.0. The Hall–Kier alpha value is -3.55. The molecule has 0 bridgehead atoms. The molecule has 33 heavy (non-hydrogen) atoms. The lowest BCUT2D eigenvalue weighted by Crippen LogP contribution is -2.45. The number of piperidine rings is 1. The van der Waals surface area contributed by atoms with Gasteiger partial charge >= 0.3 is 5.97 Å². The van der Waals surface area contributed by atoms with Crippen molar-refractivity contribution < 1.29 is 19.1 Å². The maximum Gasteiger partial charge on any atom is 0.309 e. The van der Waals surface area contributed by atoms with Crippen molar-refractivity contribution in [1.82, 2.24) is 4.90 Å². The molecule has 2 aromatic rings. The van der Waals surface area contributed by atoms with E-state index < -0.39 is 17.3 Å². The molecule has 1 aliphatic heterocycles. The molecule has 2 amide bonds. The zero-order valence-electron chi connectivity index (χ0n) is 19.3. The quantitative estimate of drug-likeness (QED) is 0.501. The SMILES string of the molecule is CC(C)(C)C(=O)N1CCC(C(=O)OCC(=O)Nc2ccc(N=Nc3ccccc3)cc2)CC1. The van der Waals surface area contributed by atoms with Crippen molar-refractivity contribution in [2.75, 3.05) is 25.0 Å². The third kappa shape index (κ3) is 7.24. The average Bonchev–Trinajstić information content (AvgIpc) is 2.82. The number of amides is 2. The first-order valence-corrected chi connectivity index (χ1v) is 11.0. The molecule has 1 heterocycles. The van der Waals surface area contributed by atoms with E-state index in [-0.39, 0.29) is 18.4 Å². The van der Waals surface area contributed by atoms with Gasteiger partial charge in [0.2, 0.25) is 5.91 Å². The summed E-state index contributed by atoms with van der Waals surface area (Å²) in [5.74, 6) is -1.02. The number of carbonyl (C=O) groups excluding carboxylic acids is 3. The van der Waals surface area contributed by atoms with Gasteiger partial charge in [-0.3, -0.25) is 14.4 Å². The Bertz CT molecular complexity index is 989. The van der Waals surface area contributed by atoms with Crippen LogP contribution in [0.5, 0.6) is 0 Å². The Morgan fingerprint density at radius 2 is 1.52 bits per heavy atom. The van der Waals surface area contributed by atoms with E-state index in [4.69, 9.17) is 4.74 Å². The molecule has 1 N–H and O–H groups in total. The second-order valence-corrected chi connectivity index (χ2v) is 9.05. The third-order valence-electron chi connectivity index (χ3n) is 5.29. The van der Waals surface area contributed by atoms with Crippen molar-refractivity contribution in [3.05, 3.63) is 54.6 Å². The molecule has 0 aliphatic carbocycles. The number of esters is 1. The third-order valence-corrected chi connectivity index (χ3v) is 5.29. The fourth-order valence-electron chi connectivity index (χ4n) is 3.47. The Kier molecular flexibility index (Phi) is 7.92. The Morgan fingerprint density at radius 3 is 2.09 bits per heavy atom. The first-order chi connectivity index (χ1) is 15.7. The highest BCUT2D eigenvalue weighted by Crippen LogP contribution is 2.24. The van der Waals surface area contributed by atoms with Crippen molar-refractivity contribution in [2.24, 2.45) is 21.6 Å². The van der Waals surface area contributed by atoms with Gasteiger partial charge in [0, 0.05) is 24.2 Å². The first kappa shape index (κ1) is 24.1. The van der Waals surface area contributed by atoms with Crippen LogP contribution in [-0.2, 0) is 19.1 Å². The van der Waals surface area contributed by atoms with Crippen LogP contribution in [0.3, 0.4) is 0 Å². The molecule has 0 radical (unpaired) electrons. The molecule has 1 saturated heterocycles. The highest BCUT2D eigenvalue weighted by atomic mass is 16.5. The molecule has 1 fully saturated rings. The van der Waals surface area contributed by atoms with Crippen molar-refractivity contribution in [1.29, 1.82) is 0 Å². The number of nitrogens with zero attached hydrogens (tertiary/aromatic N) is 3. The minimum absolute atomic E-state index is 0.0845. The Balaban J connectivity index is 1.41. The molecule has 0 atom stereocenters. The Labute approximate surface area is 194 Å². The Morgan fingerprint density at radius 1 is 0.939 bits per heavy atom. The number of azo groups is 1. The number of nitrogens with one attached hydrogen (secondary N) is 1. The van der Waals surface area contributed by atoms with E-state index in [2.05, 4.69) is 15.5 Å². The van der Waals surface area contributed by atoms with E-state index >= 15 is 0 Å². The van der Waals surface area contributed by atoms with Crippen LogP contribution in [0.1, 0.15) is 33.6 Å². The zero-order valence-corrected chi connectivity index (χ0v) is 19.3. The van der Waals surface area contributed by atoms with E-state index in [0.29, 0.717) is 37.3 Å². The number of hydrogen-bond donors (Lipinski definition) is 1. The van der Waals surface area contributed by atoms with Crippen LogP contribution < -0.4 is 5.32 Å². The van der Waals surface area contributed by atoms with Gasteiger partial charge in [-0.15, -0.1) is 0 Å². The van der Waals surface area contributed by atoms with Crippen LogP contribution in [0.4, 0.5) is 17.1 Å². The van der Waals surface area contributed by atoms with Gasteiger partial charge in [-0.25, -0.2) is 0 Å². The van der Waals surface area contributed by atoms with Gasteiger partial charge in [-0.05, 0) is 49.2 Å². The fraction of sp³-hybridized carbons (Fsp3) is 0.400. The van der Waals surface area contributed by atoms with Gasteiger partial charge in [-0.1, -0.05) is 39.0 Å². The average molecular weight is 451 g/mol. The first-order valence-electron chi connectivity index (χ1n) is 11.0. The second-order valence-electron chi connectivity index (χ2n) is 9.05. The van der Waals surface area contributed by atoms with Crippen LogP contribution in [0.2, 0.25) is 0 Å². The molecular weight excluding hydrogens is 420 g/mol. The molecular formula is C25H30N4O4. The summed E-state index contributed by atoms with van der Waals surface area (Å²) in [6, 6.07) is 16.3. The van der Waals surface area contributed by atoms with Crippen LogP contribution in [0.15, 0.2) is 64.8 Å². The molecule has 0 aromatic heterocycles. The molecule has 2 aromatic carbocycles. The van der Waals surface area contributed by atoms with Gasteiger partial charge in [0.05, 0.1) is 17.3 Å². The van der Waals surface area contributed by atoms with Gasteiger partial charge in [0.15, 0.2) is 6.61 Å². The van der Waals surface area contributed by atoms with E-state index in [1.807, 2.05) is 51.1 Å². The summed E-state index contributed by atoms with van der Waals surface area (Å²) in [6.45, 7) is 6.35. The number of hydrogen-bond acceptors (Lipinski definition) is 6. The molecule has 0 unspecified atom stereocenters. The normalized spacial score (nSPS) is 14.8. The summed E-state index contributed by atoms with van der Waals surface area (Å²) < 4.78 is 5.20. The van der Waals surface area contributed by atoms with Gasteiger partial charge in [-0.2, -0.15) is 10.2 Å². The summed E-state index contributed by atoms with van der Waals surface area (Å²) >= 11 is 0. The van der Waals surface area contributed by atoms with Crippen molar-refractivity contribution >= 4 is 34.8 Å². The zero-order chi connectivity index (χ0) is 23.8. The van der Waals surface area contributed by atoms with E-state index in [0.717, 1.165) is 5.69 Å². The maximum absolute atomic E-state index is 12.4. The summed E-state index contributed by atoms with van der Waals surface area (Å²) in [7, 11) is 0. The largest absolute Gasteiger partial charge is 0.455 e. The van der Waals surface area contributed by atoms with Crippen LogP contribution in [0.25, 0.3) is 0 Å². The smallest absolute Gasteiger partial charge is 0.309 e. The second kappa shape index (κ2) is 10.8. The standard InChI is InChI=1S/C25H30N4O4/c1-25(2,3)24(32)29-15-13-18(14-16-29)23(31)33-17-22(30)26-19-9-11-21(12-10-19)28-27-20-7-5-4-6-8-20/h4-12,18H,13-17H2,1-3H3,(H,26,30). The van der Waals surface area contributed by atoms with Crippen molar-refractivity contribution in [3.63, 3.8) is 0 Å². The highest BCUT2D eigenvalue weighted by Gasteiger charge is 2.33. The minimum Gasteiger partial charge on any atom is -0.455 e. The molecule has 1 aliphatic rings. The molecule has 0 spiro atoms.